The number of hydrogen-bond acceptors (Lipinski definition) is 3. The maximum absolute atomic E-state index is 14.3. The lowest BCUT2D eigenvalue weighted by Gasteiger charge is -2.27. The predicted molar refractivity (Wildman–Crippen MR) is 108 cm³/mol. The number of nitrogens with zero attached hydrogens (tertiary/aromatic N) is 2. The Morgan fingerprint density at radius 3 is 2.67 bits per heavy atom. The third-order valence-corrected chi connectivity index (χ3v) is 6.28. The quantitative estimate of drug-likeness (QED) is 0.707. The molecule has 2 aliphatic rings. The number of halogens is 2. The molecule has 5 nitrogen and oxygen atoms in total. The Hall–Kier alpha value is -3.09. The van der Waals surface area contributed by atoms with Crippen LogP contribution in [0.3, 0.4) is 0 Å². The van der Waals surface area contributed by atoms with Gasteiger partial charge in [0.1, 0.15) is 5.56 Å². The number of benzene rings is 1. The maximum atomic E-state index is 14.3. The van der Waals surface area contributed by atoms with E-state index in [1.54, 1.807) is 17.0 Å². The van der Waals surface area contributed by atoms with E-state index in [0.29, 0.717) is 24.3 Å². The SMILES string of the molecule is C[C@@H]1CCc2c(F)c(F)cc3c(=O)c(C(=O)NC(c4ccncc4)C4CC4)cn1c23. The van der Waals surface area contributed by atoms with Crippen molar-refractivity contribution in [3.05, 3.63) is 75.3 Å². The number of carbonyl (C=O) groups is 1. The molecule has 154 valence electrons. The summed E-state index contributed by atoms with van der Waals surface area (Å²) in [5.41, 5.74) is 0.916. The summed E-state index contributed by atoms with van der Waals surface area (Å²) in [7, 11) is 0. The molecule has 1 aliphatic carbocycles. The van der Waals surface area contributed by atoms with Crippen LogP contribution >= 0.6 is 0 Å². The van der Waals surface area contributed by atoms with Crippen molar-refractivity contribution >= 4 is 16.8 Å². The zero-order valence-electron chi connectivity index (χ0n) is 16.5. The van der Waals surface area contributed by atoms with Gasteiger partial charge in [-0.2, -0.15) is 0 Å². The summed E-state index contributed by atoms with van der Waals surface area (Å²) in [6, 6.07) is 4.38. The van der Waals surface area contributed by atoms with Crippen LogP contribution in [0.4, 0.5) is 8.78 Å². The molecule has 1 aliphatic heterocycles. The highest BCUT2D eigenvalue weighted by atomic mass is 19.2. The van der Waals surface area contributed by atoms with Gasteiger partial charge in [-0.25, -0.2) is 8.78 Å². The topological polar surface area (TPSA) is 64.0 Å². The van der Waals surface area contributed by atoms with E-state index in [1.807, 2.05) is 19.1 Å². The standard InChI is InChI=1S/C23H21F2N3O2/c1-12-2-5-15-19(25)18(24)10-16-21(15)28(12)11-17(22(16)29)23(30)27-20(13-3-4-13)14-6-8-26-9-7-14/h6-13,20H,2-5H2,1H3,(H,27,30)/t12-,20?/m1/s1. The van der Waals surface area contributed by atoms with Crippen LogP contribution < -0.4 is 10.7 Å². The minimum absolute atomic E-state index is 0.0311. The van der Waals surface area contributed by atoms with Crippen molar-refractivity contribution in [2.75, 3.05) is 0 Å². The Morgan fingerprint density at radius 1 is 1.23 bits per heavy atom. The van der Waals surface area contributed by atoms with Crippen molar-refractivity contribution in [1.82, 2.24) is 14.9 Å². The minimum Gasteiger partial charge on any atom is -0.345 e. The lowest BCUT2D eigenvalue weighted by molar-refractivity contribution is 0.0930. The van der Waals surface area contributed by atoms with Gasteiger partial charge >= 0.3 is 0 Å². The van der Waals surface area contributed by atoms with Crippen LogP contribution in [-0.2, 0) is 6.42 Å². The second-order valence-electron chi connectivity index (χ2n) is 8.28. The van der Waals surface area contributed by atoms with Crippen LogP contribution in [0.1, 0.15) is 59.8 Å². The molecule has 1 saturated carbocycles. The van der Waals surface area contributed by atoms with Gasteiger partial charge in [0, 0.05) is 35.6 Å². The molecule has 1 unspecified atom stereocenters. The van der Waals surface area contributed by atoms with Gasteiger partial charge in [-0.15, -0.1) is 0 Å². The largest absolute Gasteiger partial charge is 0.345 e. The van der Waals surface area contributed by atoms with Crippen LogP contribution in [0.15, 0.2) is 41.6 Å². The Balaban J connectivity index is 1.61. The first-order chi connectivity index (χ1) is 14.5. The summed E-state index contributed by atoms with van der Waals surface area (Å²) in [5.74, 6) is -2.15. The first-order valence-electron chi connectivity index (χ1n) is 10.2. The number of amides is 1. The lowest BCUT2D eigenvalue weighted by atomic mass is 9.95. The normalized spacial score (nSPS) is 19.0. The molecule has 0 spiro atoms. The zero-order valence-corrected chi connectivity index (χ0v) is 16.5. The summed E-state index contributed by atoms with van der Waals surface area (Å²) in [6.07, 6.45) is 7.81. The first kappa shape index (κ1) is 18.9. The summed E-state index contributed by atoms with van der Waals surface area (Å²) >= 11 is 0. The third-order valence-electron chi connectivity index (χ3n) is 6.28. The van der Waals surface area contributed by atoms with Crippen LogP contribution in [0, 0.1) is 17.6 Å². The first-order valence-corrected chi connectivity index (χ1v) is 10.2. The fourth-order valence-corrected chi connectivity index (χ4v) is 4.47. The summed E-state index contributed by atoms with van der Waals surface area (Å²) in [4.78, 5) is 30.3. The molecule has 1 N–H and O–H groups in total. The number of aryl methyl sites for hydroxylation is 1. The molecule has 30 heavy (non-hydrogen) atoms. The fourth-order valence-electron chi connectivity index (χ4n) is 4.47. The fraction of sp³-hybridized carbons (Fsp3) is 0.348. The third kappa shape index (κ3) is 3.00. The average molecular weight is 409 g/mol. The van der Waals surface area contributed by atoms with Crippen molar-refractivity contribution in [1.29, 1.82) is 0 Å². The molecule has 2 aromatic heterocycles. The molecular formula is C23H21F2N3O2. The van der Waals surface area contributed by atoms with Gasteiger partial charge in [-0.3, -0.25) is 14.6 Å². The molecule has 1 aromatic carbocycles. The molecule has 5 rings (SSSR count). The van der Waals surface area contributed by atoms with Gasteiger partial charge in [0.15, 0.2) is 11.6 Å². The van der Waals surface area contributed by atoms with E-state index in [0.717, 1.165) is 24.5 Å². The van der Waals surface area contributed by atoms with E-state index >= 15 is 0 Å². The Bertz CT molecular complexity index is 1220. The van der Waals surface area contributed by atoms with Crippen molar-refractivity contribution in [2.45, 2.75) is 44.7 Å². The number of nitrogens with one attached hydrogen (secondary N) is 1. The molecule has 1 fully saturated rings. The molecule has 3 aromatic rings. The van der Waals surface area contributed by atoms with Crippen molar-refractivity contribution in [3.63, 3.8) is 0 Å². The molecule has 1 amide bonds. The zero-order chi connectivity index (χ0) is 21.0. The number of hydrogen-bond donors (Lipinski definition) is 1. The van der Waals surface area contributed by atoms with E-state index in [-0.39, 0.29) is 28.6 Å². The highest BCUT2D eigenvalue weighted by Crippen LogP contribution is 2.41. The van der Waals surface area contributed by atoms with Crippen LogP contribution in [0.5, 0.6) is 0 Å². The lowest BCUT2D eigenvalue weighted by Crippen LogP contribution is -2.34. The Kier molecular flexibility index (Phi) is 4.41. The molecule has 0 radical (unpaired) electrons. The summed E-state index contributed by atoms with van der Waals surface area (Å²) < 4.78 is 30.3. The number of carbonyl (C=O) groups excluding carboxylic acids is 1. The summed E-state index contributed by atoms with van der Waals surface area (Å²) in [5, 5.41) is 3.04. The Labute approximate surface area is 171 Å². The highest BCUT2D eigenvalue weighted by Gasteiger charge is 2.34. The second-order valence-corrected chi connectivity index (χ2v) is 8.28. The average Bonchev–Trinajstić information content (AvgIpc) is 3.58. The van der Waals surface area contributed by atoms with E-state index in [1.165, 1.54) is 6.20 Å². The van der Waals surface area contributed by atoms with E-state index in [2.05, 4.69) is 10.3 Å². The Morgan fingerprint density at radius 2 is 1.97 bits per heavy atom. The van der Waals surface area contributed by atoms with E-state index < -0.39 is 23.0 Å². The van der Waals surface area contributed by atoms with Gasteiger partial charge in [-0.1, -0.05) is 0 Å². The predicted octanol–water partition coefficient (Wildman–Crippen LogP) is 4.06. The molecule has 3 heterocycles. The van der Waals surface area contributed by atoms with Crippen molar-refractivity contribution in [3.8, 4) is 0 Å². The monoisotopic (exact) mass is 409 g/mol. The molecule has 7 heteroatoms. The van der Waals surface area contributed by atoms with E-state index in [9.17, 15) is 18.4 Å². The number of rotatable bonds is 4. The van der Waals surface area contributed by atoms with Gasteiger partial charge in [0.25, 0.3) is 5.91 Å². The number of aromatic nitrogens is 2. The second kappa shape index (κ2) is 7.00. The maximum Gasteiger partial charge on any atom is 0.257 e. The molecule has 2 atom stereocenters. The smallest absolute Gasteiger partial charge is 0.257 e. The van der Waals surface area contributed by atoms with Crippen LogP contribution in [0.25, 0.3) is 10.9 Å². The van der Waals surface area contributed by atoms with Crippen LogP contribution in [-0.4, -0.2) is 15.5 Å². The van der Waals surface area contributed by atoms with Gasteiger partial charge in [0.2, 0.25) is 5.43 Å². The molecule has 0 saturated heterocycles. The number of pyridine rings is 2. The highest BCUT2D eigenvalue weighted by molar-refractivity contribution is 5.98. The van der Waals surface area contributed by atoms with Crippen LogP contribution in [0.2, 0.25) is 0 Å². The van der Waals surface area contributed by atoms with Crippen molar-refractivity contribution in [2.24, 2.45) is 5.92 Å². The molecular weight excluding hydrogens is 388 g/mol. The van der Waals surface area contributed by atoms with E-state index in [4.69, 9.17) is 0 Å². The van der Waals surface area contributed by atoms with Gasteiger partial charge in [0.05, 0.1) is 11.6 Å². The minimum atomic E-state index is -1.05. The molecule has 0 bridgehead atoms. The van der Waals surface area contributed by atoms with Crippen molar-refractivity contribution < 1.29 is 13.6 Å². The van der Waals surface area contributed by atoms with Gasteiger partial charge in [-0.05, 0) is 62.3 Å². The van der Waals surface area contributed by atoms with Gasteiger partial charge < -0.3 is 9.88 Å². The summed E-state index contributed by atoms with van der Waals surface area (Å²) in [6.45, 7) is 1.94.